The fourth-order valence-electron chi connectivity index (χ4n) is 8.96. The van der Waals surface area contributed by atoms with Crippen LogP contribution >= 0.6 is 22.7 Å². The smallest absolute Gasteiger partial charge is 0.0712 e. The molecule has 282 valence electrons. The van der Waals surface area contributed by atoms with Crippen LogP contribution in [0, 0.1) is 0 Å². The van der Waals surface area contributed by atoms with Crippen molar-refractivity contribution in [1.82, 2.24) is 0 Å². The molecule has 0 bridgehead atoms. The Morgan fingerprint density at radius 3 is 1.88 bits per heavy atom. The molecule has 0 saturated heterocycles. The summed E-state index contributed by atoms with van der Waals surface area (Å²) in [5, 5.41) is 4.02. The molecule has 0 N–H and O–H groups in total. The highest BCUT2D eigenvalue weighted by molar-refractivity contribution is 7.25. The van der Waals surface area contributed by atoms with Gasteiger partial charge in [-0.25, -0.2) is 4.99 Å². The van der Waals surface area contributed by atoms with Crippen LogP contribution in [0.2, 0.25) is 0 Å². The highest BCUT2D eigenvalue weighted by atomic mass is 32.1. The maximum absolute atomic E-state index is 5.75. The number of rotatable bonds is 7. The molecular formula is C56H41NS2. The summed E-state index contributed by atoms with van der Waals surface area (Å²) in [6, 6.07) is 60.6. The second-order valence-electron chi connectivity index (χ2n) is 15.7. The molecule has 2 aliphatic rings. The summed E-state index contributed by atoms with van der Waals surface area (Å²) in [5.74, 6) is 0. The summed E-state index contributed by atoms with van der Waals surface area (Å²) in [7, 11) is 0. The van der Waals surface area contributed by atoms with Crippen LogP contribution in [0.15, 0.2) is 187 Å². The van der Waals surface area contributed by atoms with Gasteiger partial charge < -0.3 is 0 Å². The van der Waals surface area contributed by atoms with Gasteiger partial charge in [0.15, 0.2) is 0 Å². The molecule has 1 aliphatic heterocycles. The minimum absolute atomic E-state index is 0.828. The summed E-state index contributed by atoms with van der Waals surface area (Å²) >= 11 is 3.79. The molecule has 0 atom stereocenters. The molecule has 11 rings (SSSR count). The van der Waals surface area contributed by atoms with Crippen molar-refractivity contribution in [2.45, 2.75) is 32.6 Å². The number of aryl methyl sites for hydroxylation is 1. The molecule has 0 spiro atoms. The van der Waals surface area contributed by atoms with Gasteiger partial charge in [0.05, 0.1) is 11.4 Å². The summed E-state index contributed by atoms with van der Waals surface area (Å²) in [5.41, 5.74) is 16.9. The quantitative estimate of drug-likeness (QED) is 0.152. The van der Waals surface area contributed by atoms with E-state index < -0.39 is 0 Å². The molecule has 3 heteroatoms. The second kappa shape index (κ2) is 15.1. The average Bonchev–Trinajstić information content (AvgIpc) is 3.80. The van der Waals surface area contributed by atoms with Crippen LogP contribution in [-0.4, -0.2) is 5.71 Å². The van der Waals surface area contributed by atoms with Gasteiger partial charge in [-0.15, -0.1) is 22.7 Å². The van der Waals surface area contributed by atoms with Crippen molar-refractivity contribution >= 4 is 76.0 Å². The lowest BCUT2D eigenvalue weighted by Crippen LogP contribution is -1.99. The van der Waals surface area contributed by atoms with Gasteiger partial charge in [-0.2, -0.15) is 0 Å². The number of benzene rings is 7. The lowest BCUT2D eigenvalue weighted by molar-refractivity contribution is 1.01. The van der Waals surface area contributed by atoms with Gasteiger partial charge in [0, 0.05) is 40.9 Å². The second-order valence-corrected chi connectivity index (χ2v) is 17.8. The summed E-state index contributed by atoms with van der Waals surface area (Å²) in [6.07, 6.45) is 10.9. The molecule has 1 aliphatic carbocycles. The van der Waals surface area contributed by atoms with E-state index in [1.54, 1.807) is 0 Å². The molecule has 1 nitrogen and oxygen atoms in total. The number of fused-ring (bicyclic) bond motifs is 6. The number of thiophene rings is 2. The Kier molecular flexibility index (Phi) is 9.14. The molecule has 3 heterocycles. The first-order chi connectivity index (χ1) is 29.1. The highest BCUT2D eigenvalue weighted by Gasteiger charge is 2.21. The number of aliphatic imine (C=N–C) groups is 1. The third-order valence-electron chi connectivity index (χ3n) is 12.0. The van der Waals surface area contributed by atoms with Crippen LogP contribution in [0.5, 0.6) is 0 Å². The van der Waals surface area contributed by atoms with Crippen LogP contribution < -0.4 is 0 Å². The number of allylic oxidation sites excluding steroid dienone is 4. The van der Waals surface area contributed by atoms with Crippen molar-refractivity contribution in [1.29, 1.82) is 0 Å². The fourth-order valence-corrected chi connectivity index (χ4v) is 11.2. The van der Waals surface area contributed by atoms with E-state index in [2.05, 4.69) is 189 Å². The first kappa shape index (κ1) is 35.7. The fraction of sp³-hybridized carbons (Fsp3) is 0.0893. The van der Waals surface area contributed by atoms with Crippen molar-refractivity contribution in [2.75, 3.05) is 0 Å². The van der Waals surface area contributed by atoms with Gasteiger partial charge in [-0.3, -0.25) is 0 Å². The first-order valence-electron chi connectivity index (χ1n) is 20.7. The Morgan fingerprint density at radius 1 is 0.492 bits per heavy atom. The van der Waals surface area contributed by atoms with Crippen LogP contribution in [0.4, 0.5) is 0 Å². The van der Waals surface area contributed by atoms with Crippen molar-refractivity contribution < 1.29 is 0 Å². The predicted octanol–water partition coefficient (Wildman–Crippen LogP) is 16.3. The van der Waals surface area contributed by atoms with Crippen LogP contribution in [0.25, 0.3) is 81.0 Å². The van der Waals surface area contributed by atoms with Gasteiger partial charge in [-0.1, -0.05) is 122 Å². The molecule has 0 unspecified atom stereocenters. The topological polar surface area (TPSA) is 12.4 Å². The third-order valence-corrected chi connectivity index (χ3v) is 14.4. The lowest BCUT2D eigenvalue weighted by Gasteiger charge is -2.16. The Bertz CT molecular complexity index is 3210. The molecule has 59 heavy (non-hydrogen) atoms. The van der Waals surface area contributed by atoms with Gasteiger partial charge in [0.25, 0.3) is 0 Å². The minimum atomic E-state index is 0.828. The monoisotopic (exact) mass is 791 g/mol. The maximum atomic E-state index is 5.75. The predicted molar refractivity (Wildman–Crippen MR) is 258 cm³/mol. The third kappa shape index (κ3) is 6.71. The Morgan fingerprint density at radius 2 is 1.10 bits per heavy atom. The van der Waals surface area contributed by atoms with E-state index >= 15 is 0 Å². The van der Waals surface area contributed by atoms with E-state index in [0.29, 0.717) is 0 Å². The molecule has 0 radical (unpaired) electrons. The van der Waals surface area contributed by atoms with Crippen LogP contribution in [0.1, 0.15) is 53.3 Å². The first-order valence-corrected chi connectivity index (χ1v) is 22.3. The van der Waals surface area contributed by atoms with E-state index in [9.17, 15) is 0 Å². The Balaban J connectivity index is 1.13. The molecular weight excluding hydrogens is 751 g/mol. The van der Waals surface area contributed by atoms with Gasteiger partial charge in [0.2, 0.25) is 0 Å². The molecule has 0 fully saturated rings. The number of nitrogens with zero attached hydrogens (tertiary/aromatic N) is 1. The summed E-state index contributed by atoms with van der Waals surface area (Å²) in [4.78, 5) is 7.15. The maximum Gasteiger partial charge on any atom is 0.0712 e. The van der Waals surface area contributed by atoms with E-state index in [-0.39, 0.29) is 0 Å². The standard InChI is InChI=1S/C56H41NS2/c1-2-36-28-45(38-16-7-4-8-17-38)35-51(42-19-13-18-39(29-42)37-14-5-3-6-15-37)57-56(36)46-31-43(40-24-26-54-49(33-40)47-20-9-11-22-52(47)58-54)30-44(32-46)41-25-27-55-50(34-41)48-21-10-12-23-53(48)59-55/h3-9,11-20,22-27,29-35H,2,10,21,28H2,1H3. The van der Waals surface area contributed by atoms with Gasteiger partial charge >= 0.3 is 0 Å². The zero-order chi connectivity index (χ0) is 39.3. The Labute approximate surface area is 353 Å². The normalized spacial score (nSPS) is 14.1. The number of hydrogen-bond acceptors (Lipinski definition) is 3. The summed E-state index contributed by atoms with van der Waals surface area (Å²) in [6.45, 7) is 2.29. The zero-order valence-electron chi connectivity index (χ0n) is 32.9. The van der Waals surface area contributed by atoms with E-state index in [4.69, 9.17) is 4.99 Å². The molecule has 0 saturated carbocycles. The average molecular weight is 792 g/mol. The number of hydrogen-bond donors (Lipinski definition) is 0. The molecule has 2 aromatic heterocycles. The highest BCUT2D eigenvalue weighted by Crippen LogP contribution is 2.43. The van der Waals surface area contributed by atoms with Gasteiger partial charge in [-0.05, 0) is 153 Å². The molecule has 0 amide bonds. The van der Waals surface area contributed by atoms with E-state index in [0.717, 1.165) is 48.2 Å². The van der Waals surface area contributed by atoms with Crippen molar-refractivity contribution in [3.05, 3.63) is 209 Å². The Hall–Kier alpha value is -6.39. The molecule has 7 aromatic carbocycles. The van der Waals surface area contributed by atoms with Crippen LogP contribution in [-0.2, 0) is 6.42 Å². The molecule has 9 aromatic rings. The van der Waals surface area contributed by atoms with Gasteiger partial charge in [0.1, 0.15) is 0 Å². The van der Waals surface area contributed by atoms with Crippen molar-refractivity contribution in [2.24, 2.45) is 4.99 Å². The zero-order valence-corrected chi connectivity index (χ0v) is 34.5. The summed E-state index contributed by atoms with van der Waals surface area (Å²) < 4.78 is 4.01. The van der Waals surface area contributed by atoms with Crippen LogP contribution in [0.3, 0.4) is 0 Å². The lowest BCUT2D eigenvalue weighted by atomic mass is 9.90. The SMILES string of the molecule is CCC1=C(c2cc(-c3ccc4sc5c(c4c3)CCC=C5)cc(-c3ccc4sc5ccccc5c4c3)c2)N=C(c2cccc(-c3ccccc3)c2)C=C(c2ccccc2)C1. The minimum Gasteiger partial charge on any atom is -0.248 e. The van der Waals surface area contributed by atoms with Crippen molar-refractivity contribution in [3.63, 3.8) is 0 Å². The van der Waals surface area contributed by atoms with E-state index in [1.807, 2.05) is 22.7 Å². The van der Waals surface area contributed by atoms with E-state index in [1.165, 1.54) is 90.8 Å². The van der Waals surface area contributed by atoms with Crippen molar-refractivity contribution in [3.8, 4) is 33.4 Å². The largest absolute Gasteiger partial charge is 0.248 e.